The van der Waals surface area contributed by atoms with E-state index in [9.17, 15) is 0 Å². The van der Waals surface area contributed by atoms with E-state index in [4.69, 9.17) is 0 Å². The third-order valence-electron chi connectivity index (χ3n) is 4.52. The molecule has 0 aromatic heterocycles. The van der Waals surface area contributed by atoms with Gasteiger partial charge in [-0.3, -0.25) is 0 Å². The summed E-state index contributed by atoms with van der Waals surface area (Å²) in [5.74, 6) is 0. The van der Waals surface area contributed by atoms with Crippen molar-refractivity contribution in [1.82, 2.24) is 24.6 Å². The SMILES string of the molecule is N.N.N.N.c1ccc2cc3cc4cc5ccccc5cc4cc3cc2c1. The zero-order valence-corrected chi connectivity index (χ0v) is 14.9. The van der Waals surface area contributed by atoms with Crippen LogP contribution in [0.3, 0.4) is 0 Å². The molecule has 12 N–H and O–H groups in total. The molecule has 5 aromatic rings. The first-order chi connectivity index (χ1) is 10.9. The third kappa shape index (κ3) is 3.22. The van der Waals surface area contributed by atoms with Gasteiger partial charge in [0.2, 0.25) is 0 Å². The van der Waals surface area contributed by atoms with Crippen LogP contribution in [0.5, 0.6) is 0 Å². The van der Waals surface area contributed by atoms with Crippen molar-refractivity contribution in [1.29, 1.82) is 0 Å². The van der Waals surface area contributed by atoms with Crippen molar-refractivity contribution in [2.75, 3.05) is 0 Å². The fourth-order valence-corrected chi connectivity index (χ4v) is 3.39. The lowest BCUT2D eigenvalue weighted by Crippen LogP contribution is -1.80. The van der Waals surface area contributed by atoms with Crippen molar-refractivity contribution in [3.8, 4) is 0 Å². The number of benzene rings is 5. The molecule has 0 fully saturated rings. The lowest BCUT2D eigenvalue weighted by atomic mass is 9.97. The zero-order valence-electron chi connectivity index (χ0n) is 14.9. The van der Waals surface area contributed by atoms with E-state index >= 15 is 0 Å². The molecule has 0 saturated heterocycles. The highest BCUT2D eigenvalue weighted by Crippen LogP contribution is 2.29. The van der Waals surface area contributed by atoms with Gasteiger partial charge >= 0.3 is 0 Å². The molecule has 134 valence electrons. The molecular weight excluding hydrogens is 320 g/mol. The molecule has 0 bridgehead atoms. The van der Waals surface area contributed by atoms with Gasteiger partial charge in [0, 0.05) is 0 Å². The van der Waals surface area contributed by atoms with Crippen LogP contribution in [0.2, 0.25) is 0 Å². The molecule has 0 unspecified atom stereocenters. The van der Waals surface area contributed by atoms with Crippen LogP contribution < -0.4 is 24.6 Å². The highest BCUT2D eigenvalue weighted by molar-refractivity contribution is 6.08. The molecule has 0 aliphatic carbocycles. The predicted molar refractivity (Wildman–Crippen MR) is 117 cm³/mol. The van der Waals surface area contributed by atoms with Crippen LogP contribution in [-0.4, -0.2) is 0 Å². The Morgan fingerprint density at radius 1 is 0.269 bits per heavy atom. The topological polar surface area (TPSA) is 140 Å². The molecule has 0 spiro atoms. The Hall–Kier alpha value is -3.02. The maximum atomic E-state index is 2.31. The highest BCUT2D eigenvalue weighted by Gasteiger charge is 2.02. The van der Waals surface area contributed by atoms with Crippen LogP contribution in [-0.2, 0) is 0 Å². The Balaban J connectivity index is 0.000000845. The standard InChI is InChI=1S/C22H14.4H3N/c1-2-6-16-10-20-14-22-12-18-8-4-3-7-17(18)11-21(22)13-19(20)9-15(16)5-1;;;;/h1-14H;4*1H3. The molecule has 0 radical (unpaired) electrons. The van der Waals surface area contributed by atoms with Gasteiger partial charge in [-0.2, -0.15) is 0 Å². The number of hydrogen-bond donors (Lipinski definition) is 4. The van der Waals surface area contributed by atoms with Crippen LogP contribution in [0, 0.1) is 0 Å². The fourth-order valence-electron chi connectivity index (χ4n) is 3.39. The van der Waals surface area contributed by atoms with Crippen LogP contribution in [0.1, 0.15) is 0 Å². The summed E-state index contributed by atoms with van der Waals surface area (Å²) in [7, 11) is 0. The normalized spacial score (nSPS) is 9.85. The molecule has 26 heavy (non-hydrogen) atoms. The van der Waals surface area contributed by atoms with Crippen LogP contribution >= 0.6 is 0 Å². The minimum Gasteiger partial charge on any atom is -0.344 e. The minimum atomic E-state index is 0. The van der Waals surface area contributed by atoms with Crippen molar-refractivity contribution >= 4 is 43.1 Å². The molecule has 0 heterocycles. The first kappa shape index (κ1) is 21.0. The van der Waals surface area contributed by atoms with E-state index in [2.05, 4.69) is 84.9 Å². The Labute approximate surface area is 153 Å². The molecular formula is C22H26N4. The lowest BCUT2D eigenvalue weighted by molar-refractivity contribution is 1.78. The van der Waals surface area contributed by atoms with Crippen LogP contribution in [0.25, 0.3) is 43.1 Å². The van der Waals surface area contributed by atoms with E-state index in [1.54, 1.807) is 0 Å². The van der Waals surface area contributed by atoms with Crippen molar-refractivity contribution in [2.45, 2.75) is 0 Å². The molecule has 4 nitrogen and oxygen atoms in total. The van der Waals surface area contributed by atoms with E-state index < -0.39 is 0 Å². The van der Waals surface area contributed by atoms with Gasteiger partial charge in [-0.25, -0.2) is 0 Å². The first-order valence-corrected chi connectivity index (χ1v) is 7.62. The van der Waals surface area contributed by atoms with Gasteiger partial charge in [0.05, 0.1) is 0 Å². The molecule has 0 saturated carbocycles. The Bertz CT molecular complexity index is 998. The molecule has 4 heteroatoms. The largest absolute Gasteiger partial charge is 0.344 e. The molecule has 0 aliphatic heterocycles. The van der Waals surface area contributed by atoms with Gasteiger partial charge in [-0.15, -0.1) is 0 Å². The summed E-state index contributed by atoms with van der Waals surface area (Å²) in [5.41, 5.74) is 0. The average Bonchev–Trinajstić information content (AvgIpc) is 2.56. The first-order valence-electron chi connectivity index (χ1n) is 7.62. The average molecular weight is 346 g/mol. The summed E-state index contributed by atoms with van der Waals surface area (Å²) in [5, 5.41) is 10.4. The van der Waals surface area contributed by atoms with E-state index in [0.717, 1.165) is 0 Å². The van der Waals surface area contributed by atoms with Crippen molar-refractivity contribution in [3.63, 3.8) is 0 Å². The predicted octanol–water partition coefficient (Wildman–Crippen LogP) is 6.95. The summed E-state index contributed by atoms with van der Waals surface area (Å²) < 4.78 is 0. The van der Waals surface area contributed by atoms with Gasteiger partial charge in [-0.05, 0) is 79.5 Å². The Kier molecular flexibility index (Phi) is 6.39. The molecule has 0 atom stereocenters. The lowest BCUT2D eigenvalue weighted by Gasteiger charge is -2.07. The second-order valence-electron chi connectivity index (χ2n) is 5.95. The number of rotatable bonds is 0. The monoisotopic (exact) mass is 346 g/mol. The summed E-state index contributed by atoms with van der Waals surface area (Å²) in [4.78, 5) is 0. The van der Waals surface area contributed by atoms with E-state index in [1.165, 1.54) is 43.1 Å². The molecule has 0 amide bonds. The van der Waals surface area contributed by atoms with Crippen molar-refractivity contribution < 1.29 is 0 Å². The summed E-state index contributed by atoms with van der Waals surface area (Å²) in [6, 6.07) is 30.9. The quantitative estimate of drug-likeness (QED) is 0.225. The van der Waals surface area contributed by atoms with Crippen molar-refractivity contribution in [2.24, 2.45) is 0 Å². The Morgan fingerprint density at radius 2 is 0.462 bits per heavy atom. The third-order valence-corrected chi connectivity index (χ3v) is 4.52. The maximum Gasteiger partial charge on any atom is -0.0171 e. The van der Waals surface area contributed by atoms with E-state index in [-0.39, 0.29) is 24.6 Å². The summed E-state index contributed by atoms with van der Waals surface area (Å²) in [6.45, 7) is 0. The minimum absolute atomic E-state index is 0. The maximum absolute atomic E-state index is 2.31. The van der Waals surface area contributed by atoms with E-state index in [0.29, 0.717) is 0 Å². The van der Waals surface area contributed by atoms with E-state index in [1.807, 2.05) is 0 Å². The van der Waals surface area contributed by atoms with Crippen molar-refractivity contribution in [3.05, 3.63) is 84.9 Å². The second kappa shape index (κ2) is 7.91. The van der Waals surface area contributed by atoms with Crippen LogP contribution in [0.4, 0.5) is 0 Å². The van der Waals surface area contributed by atoms with Gasteiger partial charge in [0.25, 0.3) is 0 Å². The number of fused-ring (bicyclic) bond motifs is 4. The molecule has 5 rings (SSSR count). The highest BCUT2D eigenvalue weighted by atomic mass is 14.1. The van der Waals surface area contributed by atoms with Crippen LogP contribution in [0.15, 0.2) is 84.9 Å². The van der Waals surface area contributed by atoms with Gasteiger partial charge < -0.3 is 24.6 Å². The smallest absolute Gasteiger partial charge is 0.0171 e. The number of hydrogen-bond acceptors (Lipinski definition) is 4. The van der Waals surface area contributed by atoms with Gasteiger partial charge in [-0.1, -0.05) is 48.5 Å². The summed E-state index contributed by atoms with van der Waals surface area (Å²) in [6.07, 6.45) is 0. The second-order valence-corrected chi connectivity index (χ2v) is 5.95. The zero-order chi connectivity index (χ0) is 14.5. The summed E-state index contributed by atoms with van der Waals surface area (Å²) >= 11 is 0. The molecule has 5 aromatic carbocycles. The molecule has 0 aliphatic rings. The van der Waals surface area contributed by atoms with Gasteiger partial charge in [0.15, 0.2) is 0 Å². The Morgan fingerprint density at radius 3 is 0.692 bits per heavy atom. The van der Waals surface area contributed by atoms with Gasteiger partial charge in [0.1, 0.15) is 0 Å². The fraction of sp³-hybridized carbons (Fsp3) is 0.